The molecule has 0 N–H and O–H groups in total. The molecule has 0 heterocycles. The van der Waals surface area contributed by atoms with Crippen LogP contribution in [0.4, 0.5) is 0 Å². The smallest absolute Gasteiger partial charge is 0.0711 e. The third-order valence-electron chi connectivity index (χ3n) is 4.35. The molecule has 103 valence electrons. The predicted molar refractivity (Wildman–Crippen MR) is 91.4 cm³/mol. The first-order valence-corrected chi connectivity index (χ1v) is 7.91. The Balaban J connectivity index is 2.04. The topological polar surface area (TPSA) is 0 Å². The van der Waals surface area contributed by atoms with Crippen LogP contribution in [0.5, 0.6) is 0 Å². The van der Waals surface area contributed by atoms with E-state index < -0.39 is 0 Å². The van der Waals surface area contributed by atoms with E-state index in [0.29, 0.717) is 0 Å². The van der Waals surface area contributed by atoms with Gasteiger partial charge in [0.25, 0.3) is 0 Å². The van der Waals surface area contributed by atoms with Crippen molar-refractivity contribution in [1.29, 1.82) is 0 Å². The lowest BCUT2D eigenvalue weighted by Crippen LogP contribution is -1.97. The van der Waals surface area contributed by atoms with Crippen LogP contribution < -0.4 is 0 Å². The van der Waals surface area contributed by atoms with Gasteiger partial charge in [0, 0.05) is 0 Å². The summed E-state index contributed by atoms with van der Waals surface area (Å²) in [6, 6.07) is 17.3. The molecule has 3 radical (unpaired) electrons. The van der Waals surface area contributed by atoms with Gasteiger partial charge in [-0.2, -0.15) is 0 Å². The highest BCUT2D eigenvalue weighted by Crippen LogP contribution is 2.36. The SMILES string of the molecule is Cc1cccc(C2=C(Cc3ccccc3)C([Si])=CC2)c1C. The Morgan fingerprint density at radius 3 is 2.48 bits per heavy atom. The second-order valence-corrected chi connectivity index (χ2v) is 6.23. The van der Waals surface area contributed by atoms with Crippen LogP contribution in [-0.2, 0) is 6.42 Å². The molecule has 0 unspecified atom stereocenters. The summed E-state index contributed by atoms with van der Waals surface area (Å²) in [6.07, 6.45) is 4.29. The fourth-order valence-electron chi connectivity index (χ4n) is 2.97. The Kier molecular flexibility index (Phi) is 3.93. The van der Waals surface area contributed by atoms with Gasteiger partial charge in [-0.15, -0.1) is 0 Å². The summed E-state index contributed by atoms with van der Waals surface area (Å²) in [5.74, 6) is 0. The molecule has 1 heteroatoms. The van der Waals surface area contributed by atoms with E-state index in [1.165, 1.54) is 38.6 Å². The van der Waals surface area contributed by atoms with Crippen LogP contribution in [0.2, 0.25) is 0 Å². The summed E-state index contributed by atoms with van der Waals surface area (Å²) in [6.45, 7) is 4.41. The quantitative estimate of drug-likeness (QED) is 0.714. The lowest BCUT2D eigenvalue weighted by molar-refractivity contribution is 1.19. The van der Waals surface area contributed by atoms with Crippen LogP contribution in [0.3, 0.4) is 0 Å². The maximum atomic E-state index is 3.80. The van der Waals surface area contributed by atoms with Gasteiger partial charge in [0.2, 0.25) is 0 Å². The Morgan fingerprint density at radius 1 is 0.952 bits per heavy atom. The van der Waals surface area contributed by atoms with Crippen molar-refractivity contribution in [3.8, 4) is 0 Å². The molecule has 2 aromatic carbocycles. The summed E-state index contributed by atoms with van der Waals surface area (Å²) in [5, 5.41) is 1.25. The highest BCUT2D eigenvalue weighted by molar-refractivity contribution is 6.26. The Morgan fingerprint density at radius 2 is 1.71 bits per heavy atom. The molecule has 0 aliphatic heterocycles. The van der Waals surface area contributed by atoms with Gasteiger partial charge in [-0.1, -0.05) is 59.8 Å². The minimum absolute atomic E-state index is 0.985. The molecule has 0 saturated carbocycles. The van der Waals surface area contributed by atoms with Crippen LogP contribution in [0.15, 0.2) is 65.4 Å². The summed E-state index contributed by atoms with van der Waals surface area (Å²) in [5.41, 5.74) is 8.40. The molecule has 0 fully saturated rings. The predicted octanol–water partition coefficient (Wildman–Crippen LogP) is 4.76. The van der Waals surface area contributed by atoms with Gasteiger partial charge < -0.3 is 0 Å². The summed E-state index contributed by atoms with van der Waals surface area (Å²) < 4.78 is 0. The third kappa shape index (κ3) is 2.79. The zero-order chi connectivity index (χ0) is 14.8. The van der Waals surface area contributed by atoms with Crippen LogP contribution >= 0.6 is 0 Å². The second-order valence-electron chi connectivity index (χ2n) is 5.69. The second kappa shape index (κ2) is 5.86. The van der Waals surface area contributed by atoms with Gasteiger partial charge in [0.1, 0.15) is 0 Å². The lowest BCUT2D eigenvalue weighted by Gasteiger charge is -2.14. The first kappa shape index (κ1) is 14.1. The van der Waals surface area contributed by atoms with Crippen molar-refractivity contribution in [2.45, 2.75) is 26.7 Å². The van der Waals surface area contributed by atoms with Crippen molar-refractivity contribution < 1.29 is 0 Å². The largest absolute Gasteiger partial charge is 0.0814 e. The fraction of sp³-hybridized carbons (Fsp3) is 0.200. The molecular formula is C20H19Si. The molecule has 2 aromatic rings. The zero-order valence-corrected chi connectivity index (χ0v) is 13.6. The van der Waals surface area contributed by atoms with E-state index in [1.807, 2.05) is 0 Å². The van der Waals surface area contributed by atoms with Crippen molar-refractivity contribution in [3.63, 3.8) is 0 Å². The van der Waals surface area contributed by atoms with Crippen LogP contribution in [0.1, 0.15) is 28.7 Å². The fourth-order valence-corrected chi connectivity index (χ4v) is 3.31. The molecule has 0 amide bonds. The van der Waals surface area contributed by atoms with Crippen LogP contribution in [-0.4, -0.2) is 10.2 Å². The van der Waals surface area contributed by atoms with E-state index in [0.717, 1.165) is 12.8 Å². The zero-order valence-electron chi connectivity index (χ0n) is 12.6. The van der Waals surface area contributed by atoms with E-state index >= 15 is 0 Å². The first-order chi connectivity index (χ1) is 10.2. The van der Waals surface area contributed by atoms with E-state index in [1.54, 1.807) is 0 Å². The monoisotopic (exact) mass is 287 g/mol. The molecule has 1 aliphatic carbocycles. The molecule has 0 nitrogen and oxygen atoms in total. The maximum Gasteiger partial charge on any atom is 0.0711 e. The van der Waals surface area contributed by atoms with Crippen molar-refractivity contribution in [1.82, 2.24) is 0 Å². The molecular weight excluding hydrogens is 268 g/mol. The van der Waals surface area contributed by atoms with E-state index in [2.05, 4.69) is 78.7 Å². The number of hydrogen-bond acceptors (Lipinski definition) is 0. The van der Waals surface area contributed by atoms with Crippen molar-refractivity contribution >= 4 is 15.8 Å². The third-order valence-corrected chi connectivity index (χ3v) is 4.86. The number of benzene rings is 2. The number of hydrogen-bond donors (Lipinski definition) is 0. The van der Waals surface area contributed by atoms with E-state index in [9.17, 15) is 0 Å². The highest BCUT2D eigenvalue weighted by atomic mass is 28.1. The van der Waals surface area contributed by atoms with Gasteiger partial charge in [-0.3, -0.25) is 0 Å². The molecule has 0 bridgehead atoms. The number of aryl methyl sites for hydroxylation is 1. The summed E-state index contributed by atoms with van der Waals surface area (Å²) in [7, 11) is 3.80. The highest BCUT2D eigenvalue weighted by Gasteiger charge is 2.18. The van der Waals surface area contributed by atoms with Crippen LogP contribution in [0, 0.1) is 13.8 Å². The number of rotatable bonds is 3. The lowest BCUT2D eigenvalue weighted by atomic mass is 9.92. The van der Waals surface area contributed by atoms with E-state index in [4.69, 9.17) is 0 Å². The summed E-state index contributed by atoms with van der Waals surface area (Å²) in [4.78, 5) is 0. The Hall–Kier alpha value is -1.86. The normalized spacial score (nSPS) is 14.5. The van der Waals surface area contributed by atoms with Gasteiger partial charge in [-0.25, -0.2) is 0 Å². The van der Waals surface area contributed by atoms with Crippen molar-refractivity contribution in [3.05, 3.63) is 87.6 Å². The molecule has 21 heavy (non-hydrogen) atoms. The maximum absolute atomic E-state index is 3.80. The standard InChI is InChI=1S/C20H19Si/c1-14-7-6-10-17(15(14)2)18-11-12-20(21)19(18)13-16-8-4-3-5-9-16/h3-10,12H,11,13H2,1-2H3. The minimum Gasteiger partial charge on any atom is -0.0814 e. The summed E-state index contributed by atoms with van der Waals surface area (Å²) >= 11 is 0. The van der Waals surface area contributed by atoms with Crippen LogP contribution in [0.25, 0.3) is 5.57 Å². The van der Waals surface area contributed by atoms with Gasteiger partial charge >= 0.3 is 0 Å². The molecule has 0 atom stereocenters. The first-order valence-electron chi connectivity index (χ1n) is 7.41. The van der Waals surface area contributed by atoms with Gasteiger partial charge in [0.15, 0.2) is 0 Å². The van der Waals surface area contributed by atoms with Gasteiger partial charge in [-0.05, 0) is 60.1 Å². The molecule has 0 saturated heterocycles. The Labute approximate surface area is 130 Å². The average molecular weight is 287 g/mol. The Bertz CT molecular complexity index is 721. The van der Waals surface area contributed by atoms with Crippen molar-refractivity contribution in [2.75, 3.05) is 0 Å². The van der Waals surface area contributed by atoms with Crippen molar-refractivity contribution in [2.24, 2.45) is 0 Å². The minimum atomic E-state index is 0.985. The molecule has 3 rings (SSSR count). The number of allylic oxidation sites excluding steroid dienone is 4. The average Bonchev–Trinajstić information content (AvgIpc) is 2.84. The molecule has 0 aromatic heterocycles. The molecule has 1 aliphatic rings. The van der Waals surface area contributed by atoms with Gasteiger partial charge in [0.05, 0.1) is 10.2 Å². The molecule has 0 spiro atoms. The van der Waals surface area contributed by atoms with E-state index in [-0.39, 0.29) is 0 Å².